The molecule has 3 nitrogen and oxygen atoms in total. The van der Waals surface area contributed by atoms with Crippen LogP contribution in [0.15, 0.2) is 30.3 Å². The van der Waals surface area contributed by atoms with Gasteiger partial charge in [-0.3, -0.25) is 4.79 Å². The second kappa shape index (κ2) is 3.07. The third kappa shape index (κ3) is 1.20. The molecule has 0 aliphatic carbocycles. The summed E-state index contributed by atoms with van der Waals surface area (Å²) in [7, 11) is 0. The van der Waals surface area contributed by atoms with E-state index in [1.807, 2.05) is 30.3 Å². The van der Waals surface area contributed by atoms with Crippen LogP contribution in [0, 0.1) is 5.41 Å². The molecule has 1 unspecified atom stereocenters. The summed E-state index contributed by atoms with van der Waals surface area (Å²) in [6, 6.07) is 9.98. The van der Waals surface area contributed by atoms with E-state index in [1.54, 1.807) is 0 Å². The zero-order chi connectivity index (χ0) is 10.3. The lowest BCUT2D eigenvalue weighted by Gasteiger charge is -2.41. The molecular weight excluding hydrogens is 190 g/mol. The van der Waals surface area contributed by atoms with Crippen LogP contribution in [0.5, 0.6) is 0 Å². The number of ether oxygens (including phenoxy) is 1. The molecule has 1 aromatic carbocycles. The Morgan fingerprint density at radius 1 is 1.27 bits per heavy atom. The summed E-state index contributed by atoms with van der Waals surface area (Å²) < 4.78 is 5.27. The molecule has 3 rings (SSSR count). The molecule has 0 bridgehead atoms. The number of nitrogens with one attached hydrogen (secondary N) is 1. The quantitative estimate of drug-likeness (QED) is 0.737. The van der Waals surface area contributed by atoms with Crippen LogP contribution in [-0.2, 0) is 9.53 Å². The molecule has 1 aromatic rings. The number of hydrogen-bond acceptors (Lipinski definition) is 2. The largest absolute Gasteiger partial charge is 0.380 e. The minimum absolute atomic E-state index is 0.0209. The summed E-state index contributed by atoms with van der Waals surface area (Å²) in [5.74, 6) is 0.122. The van der Waals surface area contributed by atoms with Crippen molar-refractivity contribution in [1.29, 1.82) is 0 Å². The SMILES string of the molecule is O=C1NCC2(COC2)C1c1ccccc1. The van der Waals surface area contributed by atoms with Crippen LogP contribution < -0.4 is 5.32 Å². The van der Waals surface area contributed by atoms with Gasteiger partial charge in [0.05, 0.1) is 24.5 Å². The first-order valence-electron chi connectivity index (χ1n) is 5.22. The Kier molecular flexibility index (Phi) is 1.83. The molecule has 2 fully saturated rings. The standard InChI is InChI=1S/C12H13NO2/c14-11-10(9-4-2-1-3-5-9)12(6-13-11)7-15-8-12/h1-5,10H,6-8H2,(H,13,14). The van der Waals surface area contributed by atoms with Gasteiger partial charge in [0.25, 0.3) is 0 Å². The van der Waals surface area contributed by atoms with E-state index in [4.69, 9.17) is 4.74 Å². The molecule has 2 aliphatic rings. The Balaban J connectivity index is 1.99. The summed E-state index contributed by atoms with van der Waals surface area (Å²) in [5, 5.41) is 2.94. The molecule has 1 N–H and O–H groups in total. The molecule has 78 valence electrons. The van der Waals surface area contributed by atoms with Gasteiger partial charge in [0.2, 0.25) is 5.91 Å². The molecule has 0 saturated carbocycles. The minimum Gasteiger partial charge on any atom is -0.380 e. The fourth-order valence-corrected chi connectivity index (χ4v) is 2.53. The molecule has 15 heavy (non-hydrogen) atoms. The van der Waals surface area contributed by atoms with E-state index < -0.39 is 0 Å². The van der Waals surface area contributed by atoms with Gasteiger partial charge in [-0.15, -0.1) is 0 Å². The minimum atomic E-state index is -0.0209. The Labute approximate surface area is 88.4 Å². The Hall–Kier alpha value is -1.35. The molecule has 2 aliphatic heterocycles. The van der Waals surface area contributed by atoms with Crippen molar-refractivity contribution in [3.63, 3.8) is 0 Å². The maximum absolute atomic E-state index is 11.8. The summed E-state index contributed by atoms with van der Waals surface area (Å²) in [6.07, 6.45) is 0. The Morgan fingerprint density at radius 3 is 2.60 bits per heavy atom. The summed E-state index contributed by atoms with van der Waals surface area (Å²) >= 11 is 0. The lowest BCUT2D eigenvalue weighted by molar-refractivity contribution is -0.132. The third-order valence-electron chi connectivity index (χ3n) is 3.40. The van der Waals surface area contributed by atoms with E-state index in [0.717, 1.165) is 12.1 Å². The zero-order valence-corrected chi connectivity index (χ0v) is 8.40. The average molecular weight is 203 g/mol. The van der Waals surface area contributed by atoms with Crippen molar-refractivity contribution in [3.8, 4) is 0 Å². The fourth-order valence-electron chi connectivity index (χ4n) is 2.53. The number of carbonyl (C=O) groups is 1. The average Bonchev–Trinajstić information content (AvgIpc) is 2.57. The van der Waals surface area contributed by atoms with Gasteiger partial charge in [0, 0.05) is 6.54 Å². The second-order valence-corrected chi connectivity index (χ2v) is 4.42. The first-order valence-corrected chi connectivity index (χ1v) is 5.22. The smallest absolute Gasteiger partial charge is 0.228 e. The normalized spacial score (nSPS) is 27.5. The maximum atomic E-state index is 11.8. The molecular formula is C12H13NO2. The number of amides is 1. The van der Waals surface area contributed by atoms with Gasteiger partial charge in [0.15, 0.2) is 0 Å². The zero-order valence-electron chi connectivity index (χ0n) is 8.40. The highest BCUT2D eigenvalue weighted by molar-refractivity contribution is 5.87. The van der Waals surface area contributed by atoms with E-state index in [2.05, 4.69) is 5.32 Å². The van der Waals surface area contributed by atoms with Crippen molar-refractivity contribution < 1.29 is 9.53 Å². The van der Waals surface area contributed by atoms with E-state index in [1.165, 1.54) is 0 Å². The topological polar surface area (TPSA) is 38.3 Å². The van der Waals surface area contributed by atoms with Crippen molar-refractivity contribution in [2.45, 2.75) is 5.92 Å². The van der Waals surface area contributed by atoms with Crippen LogP contribution in [0.25, 0.3) is 0 Å². The van der Waals surface area contributed by atoms with E-state index in [9.17, 15) is 4.79 Å². The molecule has 1 atom stereocenters. The monoisotopic (exact) mass is 203 g/mol. The summed E-state index contributed by atoms with van der Waals surface area (Å²) in [6.45, 7) is 2.15. The van der Waals surface area contributed by atoms with E-state index in [-0.39, 0.29) is 17.2 Å². The third-order valence-corrected chi connectivity index (χ3v) is 3.40. The van der Waals surface area contributed by atoms with Gasteiger partial charge in [-0.25, -0.2) is 0 Å². The Bertz CT molecular complexity index is 384. The first-order chi connectivity index (χ1) is 7.32. The van der Waals surface area contributed by atoms with E-state index >= 15 is 0 Å². The van der Waals surface area contributed by atoms with Crippen LogP contribution in [0.2, 0.25) is 0 Å². The second-order valence-electron chi connectivity index (χ2n) is 4.42. The predicted molar refractivity (Wildman–Crippen MR) is 55.4 cm³/mol. The number of hydrogen-bond donors (Lipinski definition) is 1. The van der Waals surface area contributed by atoms with Crippen molar-refractivity contribution >= 4 is 5.91 Å². The van der Waals surface area contributed by atoms with Gasteiger partial charge in [0.1, 0.15) is 0 Å². The number of benzene rings is 1. The van der Waals surface area contributed by atoms with Crippen LogP contribution in [0.4, 0.5) is 0 Å². The van der Waals surface area contributed by atoms with E-state index in [0.29, 0.717) is 13.2 Å². The maximum Gasteiger partial charge on any atom is 0.228 e. The van der Waals surface area contributed by atoms with Crippen LogP contribution in [0.1, 0.15) is 11.5 Å². The highest BCUT2D eigenvalue weighted by atomic mass is 16.5. The first kappa shape index (κ1) is 8.92. The Morgan fingerprint density at radius 2 is 2.00 bits per heavy atom. The molecule has 0 aromatic heterocycles. The highest BCUT2D eigenvalue weighted by Crippen LogP contribution is 2.45. The molecule has 2 saturated heterocycles. The highest BCUT2D eigenvalue weighted by Gasteiger charge is 2.53. The van der Waals surface area contributed by atoms with Crippen molar-refractivity contribution in [1.82, 2.24) is 5.32 Å². The van der Waals surface area contributed by atoms with Gasteiger partial charge >= 0.3 is 0 Å². The van der Waals surface area contributed by atoms with Crippen LogP contribution in [-0.4, -0.2) is 25.7 Å². The number of carbonyl (C=O) groups excluding carboxylic acids is 1. The van der Waals surface area contributed by atoms with Crippen molar-refractivity contribution in [3.05, 3.63) is 35.9 Å². The number of rotatable bonds is 1. The summed E-state index contributed by atoms with van der Waals surface area (Å²) in [5.41, 5.74) is 1.13. The lowest BCUT2D eigenvalue weighted by atomic mass is 9.73. The lowest BCUT2D eigenvalue weighted by Crippen LogP contribution is -2.47. The van der Waals surface area contributed by atoms with Gasteiger partial charge < -0.3 is 10.1 Å². The van der Waals surface area contributed by atoms with Gasteiger partial charge in [-0.05, 0) is 5.56 Å². The van der Waals surface area contributed by atoms with Crippen molar-refractivity contribution in [2.75, 3.05) is 19.8 Å². The molecule has 2 heterocycles. The van der Waals surface area contributed by atoms with Gasteiger partial charge in [-0.1, -0.05) is 30.3 Å². The molecule has 3 heteroatoms. The predicted octanol–water partition coefficient (Wildman–Crippen LogP) is 0.917. The molecule has 0 radical (unpaired) electrons. The van der Waals surface area contributed by atoms with Gasteiger partial charge in [-0.2, -0.15) is 0 Å². The summed E-state index contributed by atoms with van der Waals surface area (Å²) in [4.78, 5) is 11.8. The van der Waals surface area contributed by atoms with Crippen molar-refractivity contribution in [2.24, 2.45) is 5.41 Å². The van der Waals surface area contributed by atoms with Crippen LogP contribution in [0.3, 0.4) is 0 Å². The molecule has 1 spiro atoms. The fraction of sp³-hybridized carbons (Fsp3) is 0.417. The molecule has 1 amide bonds. The van der Waals surface area contributed by atoms with Crippen LogP contribution >= 0.6 is 0 Å².